The quantitative estimate of drug-likeness (QED) is 0.700. The van der Waals surface area contributed by atoms with Crippen LogP contribution in [0.1, 0.15) is 20.3 Å². The lowest BCUT2D eigenvalue weighted by atomic mass is 10.0. The number of rotatable bonds is 5. The molecule has 0 saturated carbocycles. The Bertz CT molecular complexity index is 346. The molecule has 0 saturated heterocycles. The minimum atomic E-state index is -0.544. The number of nitrogens with one attached hydrogen (secondary N) is 1. The molecule has 6 heteroatoms. The highest BCUT2D eigenvalue weighted by Gasteiger charge is 2.15. The molecule has 0 bridgehead atoms. The van der Waals surface area contributed by atoms with Gasteiger partial charge >= 0.3 is 0 Å². The van der Waals surface area contributed by atoms with E-state index in [-0.39, 0.29) is 30.3 Å². The monoisotopic (exact) mass is 228 g/mol. The summed E-state index contributed by atoms with van der Waals surface area (Å²) in [4.78, 5) is 7.32. The van der Waals surface area contributed by atoms with Gasteiger partial charge in [0.2, 0.25) is 5.95 Å². The van der Waals surface area contributed by atoms with Crippen molar-refractivity contribution >= 4 is 11.8 Å². The molecule has 16 heavy (non-hydrogen) atoms. The summed E-state index contributed by atoms with van der Waals surface area (Å²) < 4.78 is 13.3. The predicted octanol–water partition coefficient (Wildman–Crippen LogP) is 1.02. The average molecular weight is 228 g/mol. The molecule has 1 aromatic rings. The standard InChI is InChI=1S/C10H17FN4O/c1-6(2)8(3-4-16)14-9-7(11)5-13-10(12)15-9/h5-6,8,16H,3-4H2,1-2H3,(H3,12,13,14,15). The number of aliphatic hydroxyl groups excluding tert-OH is 1. The molecule has 4 N–H and O–H groups in total. The van der Waals surface area contributed by atoms with Crippen molar-refractivity contribution < 1.29 is 9.50 Å². The Morgan fingerprint density at radius 3 is 2.81 bits per heavy atom. The zero-order chi connectivity index (χ0) is 12.1. The molecule has 1 heterocycles. The van der Waals surface area contributed by atoms with Gasteiger partial charge in [-0.2, -0.15) is 4.98 Å². The van der Waals surface area contributed by atoms with Gasteiger partial charge in [0.05, 0.1) is 6.20 Å². The van der Waals surface area contributed by atoms with Crippen LogP contribution in [0, 0.1) is 11.7 Å². The Kier molecular flexibility index (Phi) is 4.42. The number of anilines is 2. The number of nitrogens with zero attached hydrogens (tertiary/aromatic N) is 2. The second kappa shape index (κ2) is 5.60. The van der Waals surface area contributed by atoms with Crippen LogP contribution >= 0.6 is 0 Å². The molecule has 0 amide bonds. The molecule has 5 nitrogen and oxygen atoms in total. The minimum absolute atomic E-state index is 0.0235. The summed E-state index contributed by atoms with van der Waals surface area (Å²) in [7, 11) is 0. The van der Waals surface area contributed by atoms with Gasteiger partial charge < -0.3 is 16.2 Å². The largest absolute Gasteiger partial charge is 0.396 e. The second-order valence-corrected chi connectivity index (χ2v) is 3.93. The maximum atomic E-state index is 13.3. The van der Waals surface area contributed by atoms with Crippen LogP contribution in [0.15, 0.2) is 6.20 Å². The van der Waals surface area contributed by atoms with Crippen molar-refractivity contribution in [3.63, 3.8) is 0 Å². The van der Waals surface area contributed by atoms with Crippen LogP contribution in [0.3, 0.4) is 0 Å². The van der Waals surface area contributed by atoms with E-state index in [1.165, 1.54) is 0 Å². The highest BCUT2D eigenvalue weighted by atomic mass is 19.1. The van der Waals surface area contributed by atoms with Gasteiger partial charge in [-0.05, 0) is 12.3 Å². The predicted molar refractivity (Wildman–Crippen MR) is 60.4 cm³/mol. The van der Waals surface area contributed by atoms with Crippen molar-refractivity contribution in [3.05, 3.63) is 12.0 Å². The zero-order valence-electron chi connectivity index (χ0n) is 9.44. The molecule has 1 rings (SSSR count). The van der Waals surface area contributed by atoms with Gasteiger partial charge in [0.25, 0.3) is 0 Å². The lowest BCUT2D eigenvalue weighted by molar-refractivity contribution is 0.267. The Hall–Kier alpha value is -1.43. The van der Waals surface area contributed by atoms with Crippen LogP contribution < -0.4 is 11.1 Å². The molecule has 0 radical (unpaired) electrons. The van der Waals surface area contributed by atoms with E-state index in [9.17, 15) is 4.39 Å². The fourth-order valence-corrected chi connectivity index (χ4v) is 1.37. The summed E-state index contributed by atoms with van der Waals surface area (Å²) in [5, 5.41) is 11.8. The highest BCUT2D eigenvalue weighted by Crippen LogP contribution is 2.16. The number of nitrogens with two attached hydrogens (primary N) is 1. The lowest BCUT2D eigenvalue weighted by Gasteiger charge is -2.22. The van der Waals surface area contributed by atoms with Gasteiger partial charge in [0.15, 0.2) is 11.6 Å². The van der Waals surface area contributed by atoms with E-state index in [0.29, 0.717) is 6.42 Å². The summed E-state index contributed by atoms with van der Waals surface area (Å²) in [6, 6.07) is -0.0474. The highest BCUT2D eigenvalue weighted by molar-refractivity contribution is 5.40. The first-order chi connectivity index (χ1) is 7.54. The third-order valence-corrected chi connectivity index (χ3v) is 2.33. The van der Waals surface area contributed by atoms with Crippen LogP contribution in [0.2, 0.25) is 0 Å². The molecule has 0 aromatic carbocycles. The Morgan fingerprint density at radius 2 is 2.25 bits per heavy atom. The molecule has 0 fully saturated rings. The van der Waals surface area contributed by atoms with Crippen LogP contribution in [-0.2, 0) is 0 Å². The molecule has 1 aromatic heterocycles. The lowest BCUT2D eigenvalue weighted by Crippen LogP contribution is -2.28. The van der Waals surface area contributed by atoms with Gasteiger partial charge in [-0.1, -0.05) is 13.8 Å². The van der Waals surface area contributed by atoms with Crippen LogP contribution in [0.25, 0.3) is 0 Å². The van der Waals surface area contributed by atoms with E-state index < -0.39 is 5.82 Å². The summed E-state index contributed by atoms with van der Waals surface area (Å²) in [5.74, 6) is -0.185. The number of hydrogen-bond acceptors (Lipinski definition) is 5. The maximum absolute atomic E-state index is 13.3. The van der Waals surface area contributed by atoms with Crippen molar-refractivity contribution in [2.45, 2.75) is 26.3 Å². The van der Waals surface area contributed by atoms with E-state index in [0.717, 1.165) is 6.20 Å². The third-order valence-electron chi connectivity index (χ3n) is 2.33. The zero-order valence-corrected chi connectivity index (χ0v) is 9.44. The molecular formula is C10H17FN4O. The summed E-state index contributed by atoms with van der Waals surface area (Å²) in [6.07, 6.45) is 1.56. The number of halogens is 1. The topological polar surface area (TPSA) is 84.1 Å². The van der Waals surface area contributed by atoms with E-state index >= 15 is 0 Å². The Balaban J connectivity index is 2.80. The number of hydrogen-bond donors (Lipinski definition) is 3. The maximum Gasteiger partial charge on any atom is 0.222 e. The Morgan fingerprint density at radius 1 is 1.56 bits per heavy atom. The van der Waals surface area contributed by atoms with Crippen molar-refractivity contribution in [1.29, 1.82) is 0 Å². The van der Waals surface area contributed by atoms with Crippen molar-refractivity contribution in [2.24, 2.45) is 5.92 Å². The minimum Gasteiger partial charge on any atom is -0.396 e. The second-order valence-electron chi connectivity index (χ2n) is 3.93. The smallest absolute Gasteiger partial charge is 0.222 e. The van der Waals surface area contributed by atoms with Crippen LogP contribution in [0.4, 0.5) is 16.2 Å². The van der Waals surface area contributed by atoms with E-state index in [2.05, 4.69) is 15.3 Å². The van der Waals surface area contributed by atoms with Gasteiger partial charge in [0, 0.05) is 12.6 Å². The first-order valence-corrected chi connectivity index (χ1v) is 5.20. The van der Waals surface area contributed by atoms with E-state index in [4.69, 9.17) is 10.8 Å². The van der Waals surface area contributed by atoms with Crippen molar-refractivity contribution in [3.8, 4) is 0 Å². The van der Waals surface area contributed by atoms with Gasteiger partial charge in [-0.3, -0.25) is 0 Å². The fourth-order valence-electron chi connectivity index (χ4n) is 1.37. The SMILES string of the molecule is CC(C)C(CCO)Nc1nc(N)ncc1F. The van der Waals surface area contributed by atoms with Crippen LogP contribution in [0.5, 0.6) is 0 Å². The summed E-state index contributed by atoms with van der Waals surface area (Å²) in [5.41, 5.74) is 5.37. The summed E-state index contributed by atoms with van der Waals surface area (Å²) in [6.45, 7) is 4.00. The molecule has 0 spiro atoms. The summed E-state index contributed by atoms with van der Waals surface area (Å²) >= 11 is 0. The van der Waals surface area contributed by atoms with Crippen molar-refractivity contribution in [2.75, 3.05) is 17.7 Å². The fraction of sp³-hybridized carbons (Fsp3) is 0.600. The number of aromatic nitrogens is 2. The molecule has 0 aliphatic heterocycles. The van der Waals surface area contributed by atoms with Crippen molar-refractivity contribution in [1.82, 2.24) is 9.97 Å². The Labute approximate surface area is 93.9 Å². The van der Waals surface area contributed by atoms with E-state index in [1.807, 2.05) is 13.8 Å². The van der Waals surface area contributed by atoms with Gasteiger partial charge in [0.1, 0.15) is 0 Å². The van der Waals surface area contributed by atoms with Gasteiger partial charge in [-0.15, -0.1) is 0 Å². The molecule has 0 aliphatic carbocycles. The first-order valence-electron chi connectivity index (χ1n) is 5.20. The van der Waals surface area contributed by atoms with Gasteiger partial charge in [-0.25, -0.2) is 9.37 Å². The number of nitrogen functional groups attached to an aromatic ring is 1. The molecular weight excluding hydrogens is 211 g/mol. The molecule has 1 unspecified atom stereocenters. The third kappa shape index (κ3) is 3.30. The molecule has 90 valence electrons. The molecule has 0 aliphatic rings. The average Bonchev–Trinajstić information content (AvgIpc) is 2.22. The van der Waals surface area contributed by atoms with Crippen LogP contribution in [-0.4, -0.2) is 27.7 Å². The number of aliphatic hydroxyl groups is 1. The normalized spacial score (nSPS) is 12.8. The molecule has 1 atom stereocenters. The first kappa shape index (κ1) is 12.6. The van der Waals surface area contributed by atoms with E-state index in [1.54, 1.807) is 0 Å².